The van der Waals surface area contributed by atoms with Crippen molar-refractivity contribution in [3.63, 3.8) is 0 Å². The fraction of sp³-hybridized carbons (Fsp3) is 0.381. The van der Waals surface area contributed by atoms with Gasteiger partial charge in [0.25, 0.3) is 0 Å². The second-order valence-electron chi connectivity index (χ2n) is 7.17. The number of hydrogen-bond acceptors (Lipinski definition) is 5. The molecule has 3 aromatic rings. The van der Waals surface area contributed by atoms with Crippen LogP contribution in [0.1, 0.15) is 26.2 Å². The molecule has 7 heteroatoms. The number of hydrogen-bond donors (Lipinski definition) is 0. The number of rotatable bonds is 5. The highest BCUT2D eigenvalue weighted by molar-refractivity contribution is 7.89. The lowest BCUT2D eigenvalue weighted by Crippen LogP contribution is -2.42. The smallest absolute Gasteiger partial charge is 0.314 e. The van der Waals surface area contributed by atoms with Gasteiger partial charge in [0.2, 0.25) is 10.0 Å². The predicted octanol–water partition coefficient (Wildman–Crippen LogP) is 3.94. The molecule has 0 unspecified atom stereocenters. The molecular weight excluding hydrogens is 378 g/mol. The number of carbonyl (C=O) groups is 1. The summed E-state index contributed by atoms with van der Waals surface area (Å²) in [5.41, 5.74) is 1.54. The zero-order valence-corrected chi connectivity index (χ0v) is 16.6. The third-order valence-corrected chi connectivity index (χ3v) is 7.29. The van der Waals surface area contributed by atoms with E-state index in [0.29, 0.717) is 38.1 Å². The molecule has 2 heterocycles. The highest BCUT2D eigenvalue weighted by Gasteiger charge is 2.31. The molecule has 1 fully saturated rings. The standard InChI is InChI=1S/C21H23NO5S/c1-2-13-28(24,25)22-11-9-15(10-12-22)21(23)26-16-7-8-20-18(14-16)17-5-3-4-6-19(17)27-20/h3-8,14-15H,2,9-13H2,1H3. The third-order valence-electron chi connectivity index (χ3n) is 5.21. The first-order chi connectivity index (χ1) is 13.5. The zero-order valence-electron chi connectivity index (χ0n) is 15.8. The molecule has 1 aliphatic rings. The van der Waals surface area contributed by atoms with Crippen molar-refractivity contribution < 1.29 is 22.4 Å². The Labute approximate surface area is 164 Å². The summed E-state index contributed by atoms with van der Waals surface area (Å²) in [5, 5.41) is 1.88. The minimum Gasteiger partial charge on any atom is -0.456 e. The topological polar surface area (TPSA) is 76.8 Å². The highest BCUT2D eigenvalue weighted by Crippen LogP contribution is 2.32. The fourth-order valence-corrected chi connectivity index (χ4v) is 5.27. The molecule has 1 aliphatic heterocycles. The normalized spacial score (nSPS) is 16.6. The van der Waals surface area contributed by atoms with Crippen LogP contribution in [0.5, 0.6) is 5.75 Å². The average Bonchev–Trinajstić information content (AvgIpc) is 3.06. The molecular formula is C21H23NO5S. The van der Waals surface area contributed by atoms with E-state index in [0.717, 1.165) is 21.9 Å². The van der Waals surface area contributed by atoms with E-state index in [1.165, 1.54) is 4.31 Å². The van der Waals surface area contributed by atoms with Crippen molar-refractivity contribution in [2.45, 2.75) is 26.2 Å². The maximum atomic E-state index is 12.6. The first-order valence-electron chi connectivity index (χ1n) is 9.59. The van der Waals surface area contributed by atoms with E-state index in [1.54, 1.807) is 12.1 Å². The van der Waals surface area contributed by atoms with Crippen LogP contribution in [0, 0.1) is 5.92 Å². The largest absolute Gasteiger partial charge is 0.456 e. The van der Waals surface area contributed by atoms with Gasteiger partial charge in [0.1, 0.15) is 16.9 Å². The first-order valence-corrected chi connectivity index (χ1v) is 11.2. The Balaban J connectivity index is 1.45. The Morgan fingerprint density at radius 1 is 1.11 bits per heavy atom. The van der Waals surface area contributed by atoms with E-state index in [4.69, 9.17) is 9.15 Å². The van der Waals surface area contributed by atoms with Crippen molar-refractivity contribution in [1.29, 1.82) is 0 Å². The van der Waals surface area contributed by atoms with Crippen LogP contribution >= 0.6 is 0 Å². The summed E-state index contributed by atoms with van der Waals surface area (Å²) in [6.45, 7) is 2.59. The molecule has 2 aromatic carbocycles. The molecule has 28 heavy (non-hydrogen) atoms. The summed E-state index contributed by atoms with van der Waals surface area (Å²) in [7, 11) is -3.21. The molecule has 0 N–H and O–H groups in total. The first kappa shape index (κ1) is 19.0. The molecule has 0 saturated carbocycles. The van der Waals surface area contributed by atoms with E-state index in [-0.39, 0.29) is 17.6 Å². The second-order valence-corrected chi connectivity index (χ2v) is 9.26. The van der Waals surface area contributed by atoms with Crippen molar-refractivity contribution in [3.8, 4) is 5.75 Å². The molecule has 0 aliphatic carbocycles. The summed E-state index contributed by atoms with van der Waals surface area (Å²) in [6.07, 6.45) is 1.56. The Morgan fingerprint density at radius 2 is 1.82 bits per heavy atom. The van der Waals surface area contributed by atoms with Crippen LogP contribution in [0.2, 0.25) is 0 Å². The quantitative estimate of drug-likeness (QED) is 0.478. The summed E-state index contributed by atoms with van der Waals surface area (Å²) in [4.78, 5) is 12.6. The Morgan fingerprint density at radius 3 is 2.57 bits per heavy atom. The number of ether oxygens (including phenoxy) is 1. The van der Waals surface area contributed by atoms with Gasteiger partial charge in [-0.3, -0.25) is 4.79 Å². The number of carbonyl (C=O) groups excluding carboxylic acids is 1. The molecule has 0 bridgehead atoms. The van der Waals surface area contributed by atoms with Crippen LogP contribution in [-0.4, -0.2) is 37.5 Å². The van der Waals surface area contributed by atoms with Crippen LogP contribution in [0.15, 0.2) is 46.9 Å². The lowest BCUT2D eigenvalue weighted by Gasteiger charge is -2.30. The van der Waals surface area contributed by atoms with Crippen LogP contribution in [0.3, 0.4) is 0 Å². The monoisotopic (exact) mass is 401 g/mol. The second kappa shape index (κ2) is 7.56. The summed E-state index contributed by atoms with van der Waals surface area (Å²) in [6, 6.07) is 13.1. The number of furan rings is 1. The van der Waals surface area contributed by atoms with Gasteiger partial charge in [-0.1, -0.05) is 25.1 Å². The zero-order chi connectivity index (χ0) is 19.7. The van der Waals surface area contributed by atoms with Crippen molar-refractivity contribution in [3.05, 3.63) is 42.5 Å². The number of fused-ring (bicyclic) bond motifs is 3. The van der Waals surface area contributed by atoms with Crippen LogP contribution in [0.25, 0.3) is 21.9 Å². The van der Waals surface area contributed by atoms with Gasteiger partial charge in [0.05, 0.1) is 11.7 Å². The SMILES string of the molecule is CCCS(=O)(=O)N1CCC(C(=O)Oc2ccc3oc4ccccc4c3c2)CC1. The molecule has 4 rings (SSSR count). The van der Waals surface area contributed by atoms with Gasteiger partial charge in [-0.15, -0.1) is 0 Å². The predicted molar refractivity (Wildman–Crippen MR) is 108 cm³/mol. The van der Waals surface area contributed by atoms with Crippen molar-refractivity contribution in [2.75, 3.05) is 18.8 Å². The fourth-order valence-electron chi connectivity index (χ4n) is 3.72. The number of para-hydroxylation sites is 1. The minimum atomic E-state index is -3.21. The van der Waals surface area contributed by atoms with E-state index < -0.39 is 10.0 Å². The molecule has 0 radical (unpaired) electrons. The lowest BCUT2D eigenvalue weighted by molar-refractivity contribution is -0.140. The third kappa shape index (κ3) is 3.64. The number of piperidine rings is 1. The minimum absolute atomic E-state index is 0.154. The van der Waals surface area contributed by atoms with E-state index in [1.807, 2.05) is 37.3 Å². The number of nitrogens with zero attached hydrogens (tertiary/aromatic N) is 1. The molecule has 1 aromatic heterocycles. The number of esters is 1. The maximum Gasteiger partial charge on any atom is 0.314 e. The summed E-state index contributed by atoms with van der Waals surface area (Å²) in [5.74, 6) is 0.0375. The van der Waals surface area contributed by atoms with Crippen molar-refractivity contribution in [1.82, 2.24) is 4.31 Å². The average molecular weight is 401 g/mol. The number of sulfonamides is 1. The van der Waals surface area contributed by atoms with E-state index in [9.17, 15) is 13.2 Å². The van der Waals surface area contributed by atoms with Gasteiger partial charge >= 0.3 is 5.97 Å². The van der Waals surface area contributed by atoms with E-state index >= 15 is 0 Å². The van der Waals surface area contributed by atoms with E-state index in [2.05, 4.69) is 0 Å². The molecule has 148 valence electrons. The molecule has 0 spiro atoms. The molecule has 6 nitrogen and oxygen atoms in total. The summed E-state index contributed by atoms with van der Waals surface area (Å²) >= 11 is 0. The van der Waals surface area contributed by atoms with Crippen molar-refractivity contribution >= 4 is 37.9 Å². The van der Waals surface area contributed by atoms with Crippen LogP contribution in [-0.2, 0) is 14.8 Å². The van der Waals surface area contributed by atoms with Crippen LogP contribution < -0.4 is 4.74 Å². The van der Waals surface area contributed by atoms with Gasteiger partial charge in [0.15, 0.2) is 0 Å². The van der Waals surface area contributed by atoms with Gasteiger partial charge in [-0.2, -0.15) is 0 Å². The van der Waals surface area contributed by atoms with Crippen LogP contribution in [0.4, 0.5) is 0 Å². The van der Waals surface area contributed by atoms with Gasteiger partial charge in [0, 0.05) is 23.9 Å². The highest BCUT2D eigenvalue weighted by atomic mass is 32.2. The molecule has 0 amide bonds. The Kier molecular flexibility index (Phi) is 5.12. The van der Waals surface area contributed by atoms with Gasteiger partial charge < -0.3 is 9.15 Å². The maximum absolute atomic E-state index is 12.6. The molecule has 1 saturated heterocycles. The van der Waals surface area contributed by atoms with Gasteiger partial charge in [-0.25, -0.2) is 12.7 Å². The summed E-state index contributed by atoms with van der Waals surface area (Å²) < 4.78 is 37.2. The van der Waals surface area contributed by atoms with Gasteiger partial charge in [-0.05, 0) is 43.5 Å². The van der Waals surface area contributed by atoms with Crippen molar-refractivity contribution in [2.24, 2.45) is 5.92 Å². The Bertz CT molecular complexity index is 1110. The molecule has 0 atom stereocenters. The Hall–Kier alpha value is -2.38. The lowest BCUT2D eigenvalue weighted by atomic mass is 9.98. The number of benzene rings is 2.